The Morgan fingerprint density at radius 2 is 1.62 bits per heavy atom. The third-order valence-electron chi connectivity index (χ3n) is 6.61. The SMILES string of the molecule is CC(C)CC(CC(=O)CC1CCC(c2ccnc3ccccc23)CC1)CC(C)C. The monoisotopic (exact) mass is 393 g/mol. The van der Waals surface area contributed by atoms with E-state index < -0.39 is 0 Å². The van der Waals surface area contributed by atoms with Crippen molar-refractivity contribution in [3.63, 3.8) is 0 Å². The highest BCUT2D eigenvalue weighted by molar-refractivity contribution is 5.82. The molecule has 0 unspecified atom stereocenters. The summed E-state index contributed by atoms with van der Waals surface area (Å²) in [6.45, 7) is 9.12. The Balaban J connectivity index is 1.53. The zero-order valence-corrected chi connectivity index (χ0v) is 18.9. The van der Waals surface area contributed by atoms with E-state index in [2.05, 4.69) is 63.0 Å². The number of ketones is 1. The fraction of sp³-hybridized carbons (Fsp3) is 0.630. The van der Waals surface area contributed by atoms with E-state index >= 15 is 0 Å². The standard InChI is InChI=1S/C27H39NO/c1-19(2)15-22(16-20(3)4)18-24(29)17-21-9-11-23(12-10-21)25-13-14-28-27-8-6-5-7-26(25)27/h5-8,13-14,19-23H,9-12,15-18H2,1-4H3. The molecule has 1 aromatic heterocycles. The van der Waals surface area contributed by atoms with E-state index in [-0.39, 0.29) is 0 Å². The molecule has 1 aliphatic carbocycles. The van der Waals surface area contributed by atoms with Gasteiger partial charge in [0.05, 0.1) is 5.52 Å². The van der Waals surface area contributed by atoms with Gasteiger partial charge in [0.25, 0.3) is 0 Å². The molecule has 2 nitrogen and oxygen atoms in total. The van der Waals surface area contributed by atoms with Crippen molar-refractivity contribution < 1.29 is 4.79 Å². The highest BCUT2D eigenvalue weighted by Gasteiger charge is 2.26. The lowest BCUT2D eigenvalue weighted by Crippen LogP contribution is -2.19. The number of benzene rings is 1. The molecule has 0 aliphatic heterocycles. The minimum absolute atomic E-state index is 0.508. The molecule has 29 heavy (non-hydrogen) atoms. The van der Waals surface area contributed by atoms with E-state index in [0.717, 1.165) is 18.4 Å². The molecule has 0 spiro atoms. The molecule has 158 valence electrons. The van der Waals surface area contributed by atoms with Crippen LogP contribution in [0.3, 0.4) is 0 Å². The third-order valence-corrected chi connectivity index (χ3v) is 6.61. The van der Waals surface area contributed by atoms with Gasteiger partial charge in [-0.1, -0.05) is 45.9 Å². The van der Waals surface area contributed by atoms with E-state index in [4.69, 9.17) is 0 Å². The number of carbonyl (C=O) groups excluding carboxylic acids is 1. The maximum Gasteiger partial charge on any atom is 0.133 e. The molecule has 0 atom stereocenters. The van der Waals surface area contributed by atoms with Crippen molar-refractivity contribution in [3.05, 3.63) is 42.1 Å². The zero-order chi connectivity index (χ0) is 20.8. The molecule has 1 fully saturated rings. The molecular formula is C27H39NO. The molecule has 2 heteroatoms. The Morgan fingerprint density at radius 3 is 2.28 bits per heavy atom. The van der Waals surface area contributed by atoms with E-state index in [1.807, 2.05) is 6.20 Å². The summed E-state index contributed by atoms with van der Waals surface area (Å²) in [5.41, 5.74) is 2.55. The summed E-state index contributed by atoms with van der Waals surface area (Å²) < 4.78 is 0. The molecule has 0 radical (unpaired) electrons. The van der Waals surface area contributed by atoms with Crippen LogP contribution in [-0.4, -0.2) is 10.8 Å². The van der Waals surface area contributed by atoms with Gasteiger partial charge in [-0.3, -0.25) is 9.78 Å². The molecule has 0 N–H and O–H groups in total. The van der Waals surface area contributed by atoms with E-state index in [0.29, 0.717) is 35.4 Å². The number of carbonyl (C=O) groups is 1. The molecule has 2 aromatic rings. The fourth-order valence-electron chi connectivity index (χ4n) is 5.48. The Kier molecular flexibility index (Phi) is 7.86. The average molecular weight is 394 g/mol. The molecule has 1 saturated carbocycles. The summed E-state index contributed by atoms with van der Waals surface area (Å²) >= 11 is 0. The van der Waals surface area contributed by atoms with Gasteiger partial charge < -0.3 is 0 Å². The Morgan fingerprint density at radius 1 is 0.966 bits per heavy atom. The normalized spacial score (nSPS) is 20.1. The lowest BCUT2D eigenvalue weighted by atomic mass is 9.75. The second-order valence-corrected chi connectivity index (χ2v) is 10.2. The number of Topliss-reactive ketones (excluding diaryl/α,β-unsaturated/α-hetero) is 1. The van der Waals surface area contributed by atoms with Crippen molar-refractivity contribution in [1.82, 2.24) is 4.98 Å². The Labute approximate surface area is 177 Å². The number of fused-ring (bicyclic) bond motifs is 1. The van der Waals surface area contributed by atoms with Crippen LogP contribution in [0.5, 0.6) is 0 Å². The number of rotatable bonds is 9. The number of hydrogen-bond acceptors (Lipinski definition) is 2. The maximum atomic E-state index is 12.8. The minimum Gasteiger partial charge on any atom is -0.300 e. The second kappa shape index (κ2) is 10.4. The van der Waals surface area contributed by atoms with Gasteiger partial charge in [-0.2, -0.15) is 0 Å². The molecule has 0 saturated heterocycles. The van der Waals surface area contributed by atoms with Gasteiger partial charge in [-0.05, 0) is 85.8 Å². The number of pyridine rings is 1. The molecular weight excluding hydrogens is 354 g/mol. The van der Waals surface area contributed by atoms with Crippen molar-refractivity contribution in [3.8, 4) is 0 Å². The van der Waals surface area contributed by atoms with Crippen LogP contribution in [0.4, 0.5) is 0 Å². The molecule has 3 rings (SSSR count). The fourth-order valence-corrected chi connectivity index (χ4v) is 5.48. The van der Waals surface area contributed by atoms with Crippen LogP contribution >= 0.6 is 0 Å². The van der Waals surface area contributed by atoms with Gasteiger partial charge >= 0.3 is 0 Å². The first-order valence-corrected chi connectivity index (χ1v) is 11.8. The van der Waals surface area contributed by atoms with Gasteiger partial charge in [-0.15, -0.1) is 0 Å². The summed E-state index contributed by atoms with van der Waals surface area (Å²) in [7, 11) is 0. The Bertz CT molecular complexity index is 771. The first kappa shape index (κ1) is 22.0. The van der Waals surface area contributed by atoms with Crippen molar-refractivity contribution in [2.24, 2.45) is 23.7 Å². The van der Waals surface area contributed by atoms with Crippen molar-refractivity contribution >= 4 is 16.7 Å². The number of para-hydroxylation sites is 1. The molecule has 1 heterocycles. The lowest BCUT2D eigenvalue weighted by molar-refractivity contribution is -0.121. The molecule has 0 bridgehead atoms. The first-order chi connectivity index (χ1) is 13.9. The van der Waals surface area contributed by atoms with Crippen LogP contribution in [0.1, 0.15) is 90.5 Å². The van der Waals surface area contributed by atoms with Gasteiger partial charge in [-0.25, -0.2) is 0 Å². The zero-order valence-electron chi connectivity index (χ0n) is 18.9. The van der Waals surface area contributed by atoms with Crippen LogP contribution < -0.4 is 0 Å². The smallest absolute Gasteiger partial charge is 0.133 e. The van der Waals surface area contributed by atoms with Gasteiger partial charge in [0, 0.05) is 24.4 Å². The second-order valence-electron chi connectivity index (χ2n) is 10.2. The molecule has 1 aliphatic rings. The minimum atomic E-state index is 0.508. The number of aromatic nitrogens is 1. The predicted molar refractivity (Wildman–Crippen MR) is 123 cm³/mol. The summed E-state index contributed by atoms with van der Waals surface area (Å²) in [5.74, 6) is 3.64. The summed E-state index contributed by atoms with van der Waals surface area (Å²) in [5, 5.41) is 1.31. The number of hydrogen-bond donors (Lipinski definition) is 0. The number of nitrogens with zero attached hydrogens (tertiary/aromatic N) is 1. The van der Waals surface area contributed by atoms with Crippen molar-refractivity contribution in [2.75, 3.05) is 0 Å². The quantitative estimate of drug-likeness (QED) is 0.440. The van der Waals surface area contributed by atoms with Crippen molar-refractivity contribution in [1.29, 1.82) is 0 Å². The topological polar surface area (TPSA) is 30.0 Å². The van der Waals surface area contributed by atoms with Crippen molar-refractivity contribution in [2.45, 2.75) is 85.0 Å². The first-order valence-electron chi connectivity index (χ1n) is 11.8. The van der Waals surface area contributed by atoms with Gasteiger partial charge in [0.1, 0.15) is 5.78 Å². The molecule has 0 amide bonds. The Hall–Kier alpha value is -1.70. The summed E-state index contributed by atoms with van der Waals surface area (Å²) in [6.07, 6.45) is 10.7. The van der Waals surface area contributed by atoms with Crippen LogP contribution in [0.2, 0.25) is 0 Å². The van der Waals surface area contributed by atoms with E-state index in [1.54, 1.807) is 0 Å². The largest absolute Gasteiger partial charge is 0.300 e. The van der Waals surface area contributed by atoms with E-state index in [1.165, 1.54) is 49.5 Å². The lowest BCUT2D eigenvalue weighted by Gasteiger charge is -2.29. The highest BCUT2D eigenvalue weighted by atomic mass is 16.1. The average Bonchev–Trinajstić information content (AvgIpc) is 2.67. The van der Waals surface area contributed by atoms with Crippen LogP contribution in [0, 0.1) is 23.7 Å². The van der Waals surface area contributed by atoms with Crippen LogP contribution in [0.15, 0.2) is 36.5 Å². The van der Waals surface area contributed by atoms with Crippen LogP contribution in [-0.2, 0) is 4.79 Å². The van der Waals surface area contributed by atoms with Gasteiger partial charge in [0.15, 0.2) is 0 Å². The molecule has 1 aromatic carbocycles. The maximum absolute atomic E-state index is 12.8. The van der Waals surface area contributed by atoms with Crippen LogP contribution in [0.25, 0.3) is 10.9 Å². The van der Waals surface area contributed by atoms with E-state index in [9.17, 15) is 4.79 Å². The highest BCUT2D eigenvalue weighted by Crippen LogP contribution is 2.39. The third kappa shape index (κ3) is 6.39. The summed E-state index contributed by atoms with van der Waals surface area (Å²) in [6, 6.07) is 10.7. The summed E-state index contributed by atoms with van der Waals surface area (Å²) in [4.78, 5) is 17.3. The van der Waals surface area contributed by atoms with Gasteiger partial charge in [0.2, 0.25) is 0 Å². The predicted octanol–water partition coefficient (Wildman–Crippen LogP) is 7.57.